The Morgan fingerprint density at radius 3 is 3.00 bits per heavy atom. The number of ether oxygens (including phenoxy) is 1. The van der Waals surface area contributed by atoms with Crippen molar-refractivity contribution in [2.45, 2.75) is 17.6 Å². The van der Waals surface area contributed by atoms with Crippen LogP contribution in [0.3, 0.4) is 0 Å². The van der Waals surface area contributed by atoms with Gasteiger partial charge >= 0.3 is 0 Å². The van der Waals surface area contributed by atoms with Gasteiger partial charge in [-0.1, -0.05) is 12.1 Å². The molecule has 1 aromatic carbocycles. The van der Waals surface area contributed by atoms with Crippen LogP contribution < -0.4 is 5.32 Å². The topological polar surface area (TPSA) is 41.5 Å². The van der Waals surface area contributed by atoms with E-state index in [1.165, 1.54) is 9.77 Å². The average molecular weight is 309 g/mol. The van der Waals surface area contributed by atoms with Crippen LogP contribution in [0.5, 0.6) is 0 Å². The molecule has 2 N–H and O–H groups in total. The summed E-state index contributed by atoms with van der Waals surface area (Å²) >= 11 is 3.37. The summed E-state index contributed by atoms with van der Waals surface area (Å²) < 4.78 is 5.49. The van der Waals surface area contributed by atoms with Gasteiger partial charge in [0.05, 0.1) is 19.3 Å². The van der Waals surface area contributed by atoms with Crippen LogP contribution in [0.15, 0.2) is 46.7 Å². The normalized spacial score (nSPS) is 12.3. The summed E-state index contributed by atoms with van der Waals surface area (Å²) in [7, 11) is 0. The molecule has 1 aromatic heterocycles. The lowest BCUT2D eigenvalue weighted by Gasteiger charge is -2.13. The zero-order chi connectivity index (χ0) is 14.2. The van der Waals surface area contributed by atoms with Crippen LogP contribution in [-0.4, -0.2) is 30.6 Å². The molecule has 1 atom stereocenters. The maximum atomic E-state index is 9.88. The molecule has 3 nitrogen and oxygen atoms in total. The van der Waals surface area contributed by atoms with Gasteiger partial charge in [0.2, 0.25) is 0 Å². The Kier molecular flexibility index (Phi) is 6.39. The summed E-state index contributed by atoms with van der Waals surface area (Å²) in [6, 6.07) is 12.2. The highest BCUT2D eigenvalue weighted by atomic mass is 32.2. The van der Waals surface area contributed by atoms with E-state index in [4.69, 9.17) is 4.74 Å². The molecular formula is C15H19NO2S2. The third kappa shape index (κ3) is 5.17. The van der Waals surface area contributed by atoms with E-state index in [0.29, 0.717) is 19.8 Å². The summed E-state index contributed by atoms with van der Waals surface area (Å²) in [5.41, 5.74) is 1.02. The number of aliphatic hydroxyl groups is 1. The predicted molar refractivity (Wildman–Crippen MR) is 86.7 cm³/mol. The fourth-order valence-corrected chi connectivity index (χ4v) is 2.82. The van der Waals surface area contributed by atoms with E-state index >= 15 is 0 Å². The zero-order valence-electron chi connectivity index (χ0n) is 11.4. The number of thioether (sulfide) groups is 1. The van der Waals surface area contributed by atoms with Gasteiger partial charge in [0.1, 0.15) is 0 Å². The average Bonchev–Trinajstić information content (AvgIpc) is 2.98. The smallest absolute Gasteiger partial charge is 0.0945 e. The molecule has 0 saturated heterocycles. The quantitative estimate of drug-likeness (QED) is 0.733. The number of rotatable bonds is 8. The monoisotopic (exact) mass is 309 g/mol. The highest BCUT2D eigenvalue weighted by Crippen LogP contribution is 2.18. The van der Waals surface area contributed by atoms with Crippen molar-refractivity contribution in [1.82, 2.24) is 0 Å². The fourth-order valence-electron chi connectivity index (χ4n) is 1.72. The van der Waals surface area contributed by atoms with Crippen LogP contribution in [0.25, 0.3) is 0 Å². The number of anilines is 1. The standard InChI is InChI=1S/C15H19NO2S2/c1-19-14-5-2-4-12(8-14)16-9-13(17)10-18-11-15-6-3-7-20-15/h2-8,13,16-17H,9-11H2,1H3. The summed E-state index contributed by atoms with van der Waals surface area (Å²) in [4.78, 5) is 2.39. The van der Waals surface area contributed by atoms with Crippen LogP contribution in [0, 0.1) is 0 Å². The lowest BCUT2D eigenvalue weighted by molar-refractivity contribution is 0.0359. The highest BCUT2D eigenvalue weighted by Gasteiger charge is 2.05. The van der Waals surface area contributed by atoms with E-state index in [2.05, 4.69) is 17.4 Å². The molecule has 2 aromatic rings. The van der Waals surface area contributed by atoms with Gasteiger partial charge in [-0.25, -0.2) is 0 Å². The van der Waals surface area contributed by atoms with E-state index in [-0.39, 0.29) is 0 Å². The third-order valence-electron chi connectivity index (χ3n) is 2.75. The fraction of sp³-hybridized carbons (Fsp3) is 0.333. The molecule has 0 radical (unpaired) electrons. The molecule has 20 heavy (non-hydrogen) atoms. The number of hydrogen-bond donors (Lipinski definition) is 2. The van der Waals surface area contributed by atoms with Gasteiger partial charge in [0.15, 0.2) is 0 Å². The van der Waals surface area contributed by atoms with Crippen LogP contribution in [-0.2, 0) is 11.3 Å². The molecule has 0 amide bonds. The minimum absolute atomic E-state index is 0.340. The minimum atomic E-state index is -0.507. The Labute approximate surface area is 128 Å². The van der Waals surface area contributed by atoms with Crippen molar-refractivity contribution in [3.05, 3.63) is 46.7 Å². The maximum Gasteiger partial charge on any atom is 0.0945 e. The second-order valence-electron chi connectivity index (χ2n) is 4.36. The lowest BCUT2D eigenvalue weighted by Crippen LogP contribution is -2.24. The first-order chi connectivity index (χ1) is 9.78. The molecule has 0 saturated carbocycles. The molecule has 0 bridgehead atoms. The van der Waals surface area contributed by atoms with Crippen molar-refractivity contribution in [2.24, 2.45) is 0 Å². The van der Waals surface area contributed by atoms with E-state index in [9.17, 15) is 5.11 Å². The van der Waals surface area contributed by atoms with Crippen LogP contribution in [0.4, 0.5) is 5.69 Å². The highest BCUT2D eigenvalue weighted by molar-refractivity contribution is 7.98. The second kappa shape index (κ2) is 8.32. The lowest BCUT2D eigenvalue weighted by atomic mass is 10.3. The molecule has 0 fully saturated rings. The van der Waals surface area contributed by atoms with Crippen LogP contribution >= 0.6 is 23.1 Å². The summed E-state index contributed by atoms with van der Waals surface area (Å²) in [6.07, 6.45) is 1.54. The van der Waals surface area contributed by atoms with Crippen LogP contribution in [0.2, 0.25) is 0 Å². The van der Waals surface area contributed by atoms with Crippen LogP contribution in [0.1, 0.15) is 4.88 Å². The summed E-state index contributed by atoms with van der Waals surface area (Å²) in [5, 5.41) is 15.1. The van der Waals surface area contributed by atoms with Gasteiger partial charge in [-0.3, -0.25) is 0 Å². The van der Waals surface area contributed by atoms with Crippen molar-refractivity contribution < 1.29 is 9.84 Å². The van der Waals surface area contributed by atoms with Crippen molar-refractivity contribution in [1.29, 1.82) is 0 Å². The number of benzene rings is 1. The molecule has 5 heteroatoms. The van der Waals surface area contributed by atoms with Gasteiger partial charge in [0.25, 0.3) is 0 Å². The van der Waals surface area contributed by atoms with E-state index in [1.54, 1.807) is 23.1 Å². The number of thiophene rings is 1. The van der Waals surface area contributed by atoms with Crippen molar-refractivity contribution >= 4 is 28.8 Å². The van der Waals surface area contributed by atoms with Crippen molar-refractivity contribution in [3.8, 4) is 0 Å². The first kappa shape index (κ1) is 15.4. The molecular weight excluding hydrogens is 290 g/mol. The predicted octanol–water partition coefficient (Wildman–Crippen LogP) is 3.46. The van der Waals surface area contributed by atoms with E-state index < -0.39 is 6.10 Å². The Morgan fingerprint density at radius 2 is 2.25 bits per heavy atom. The second-order valence-corrected chi connectivity index (χ2v) is 6.27. The first-order valence-corrected chi connectivity index (χ1v) is 8.54. The molecule has 0 aliphatic carbocycles. The number of aliphatic hydroxyl groups excluding tert-OH is 1. The third-order valence-corrected chi connectivity index (χ3v) is 4.32. The number of nitrogens with one attached hydrogen (secondary N) is 1. The zero-order valence-corrected chi connectivity index (χ0v) is 13.0. The van der Waals surface area contributed by atoms with Gasteiger partial charge in [0, 0.05) is 22.0 Å². The Hall–Kier alpha value is -1.01. The SMILES string of the molecule is CSc1cccc(NCC(O)COCc2cccs2)c1. The molecule has 0 aliphatic rings. The van der Waals surface area contributed by atoms with Gasteiger partial charge < -0.3 is 15.2 Å². The Balaban J connectivity index is 1.67. The molecule has 1 unspecified atom stereocenters. The van der Waals surface area contributed by atoms with E-state index in [1.807, 2.05) is 35.9 Å². The molecule has 108 valence electrons. The summed E-state index contributed by atoms with van der Waals surface area (Å²) in [5.74, 6) is 0. The van der Waals surface area contributed by atoms with Crippen molar-refractivity contribution in [2.75, 3.05) is 24.7 Å². The summed E-state index contributed by atoms with van der Waals surface area (Å²) in [6.45, 7) is 1.39. The molecule has 2 rings (SSSR count). The van der Waals surface area contributed by atoms with Gasteiger partial charge in [-0.2, -0.15) is 0 Å². The Morgan fingerprint density at radius 1 is 1.35 bits per heavy atom. The number of hydrogen-bond acceptors (Lipinski definition) is 5. The first-order valence-electron chi connectivity index (χ1n) is 6.44. The largest absolute Gasteiger partial charge is 0.389 e. The van der Waals surface area contributed by atoms with Gasteiger partial charge in [-0.15, -0.1) is 23.1 Å². The minimum Gasteiger partial charge on any atom is -0.389 e. The molecule has 1 heterocycles. The molecule has 0 aliphatic heterocycles. The van der Waals surface area contributed by atoms with E-state index in [0.717, 1.165) is 5.69 Å². The Bertz CT molecular complexity index is 502. The maximum absolute atomic E-state index is 9.88. The molecule has 0 spiro atoms. The van der Waals surface area contributed by atoms with Gasteiger partial charge in [-0.05, 0) is 35.9 Å². The van der Waals surface area contributed by atoms with Crippen molar-refractivity contribution in [3.63, 3.8) is 0 Å².